The van der Waals surface area contributed by atoms with Crippen molar-refractivity contribution in [2.24, 2.45) is 0 Å². The van der Waals surface area contributed by atoms with Crippen molar-refractivity contribution in [2.45, 2.75) is 24.9 Å². The minimum Gasteiger partial charge on any atom is -0.220 e. The molecule has 0 fully saturated rings. The number of rotatable bonds is 0. The smallest absolute Gasteiger partial charge is 0.220 e. The largest absolute Gasteiger partial charge is 0.402 e. The summed E-state index contributed by atoms with van der Waals surface area (Å²) in [5.74, 6) is -0.699. The second kappa shape index (κ2) is 4.40. The van der Waals surface area contributed by atoms with Crippen molar-refractivity contribution in [3.05, 3.63) is 89.5 Å². The summed E-state index contributed by atoms with van der Waals surface area (Å²) < 4.78 is 35.9. The highest BCUT2D eigenvalue weighted by Gasteiger charge is 2.72. The van der Waals surface area contributed by atoms with Crippen LogP contribution >= 0.6 is 0 Å². The second-order valence-electron chi connectivity index (χ2n) is 8.34. The van der Waals surface area contributed by atoms with Gasteiger partial charge in [0.05, 0.1) is 6.20 Å². The molecule has 0 saturated heterocycles. The van der Waals surface area contributed by atoms with Crippen LogP contribution in [0.15, 0.2) is 55.0 Å². The quantitative estimate of drug-likeness (QED) is 0.297. The lowest BCUT2D eigenvalue weighted by Crippen LogP contribution is -2.79. The number of pyridine rings is 3. The molecule has 29 heavy (non-hydrogen) atoms. The van der Waals surface area contributed by atoms with Crippen LogP contribution in [0.4, 0.5) is 8.78 Å². The molecular formula is C22H15F2N5+2. The molecule has 4 aromatic heterocycles. The van der Waals surface area contributed by atoms with Crippen LogP contribution in [0.5, 0.6) is 0 Å². The van der Waals surface area contributed by atoms with E-state index in [-0.39, 0.29) is 5.41 Å². The Morgan fingerprint density at radius 1 is 1.00 bits per heavy atom. The molecule has 0 bridgehead atoms. The van der Waals surface area contributed by atoms with Crippen molar-refractivity contribution >= 4 is 0 Å². The first kappa shape index (κ1) is 15.4. The van der Waals surface area contributed by atoms with E-state index in [4.69, 9.17) is 0 Å². The molecule has 4 aromatic rings. The highest BCUT2D eigenvalue weighted by molar-refractivity contribution is 5.67. The zero-order valence-corrected chi connectivity index (χ0v) is 15.7. The molecule has 1 atom stereocenters. The van der Waals surface area contributed by atoms with Gasteiger partial charge in [-0.2, -0.15) is 22.9 Å². The zero-order chi connectivity index (χ0) is 19.7. The molecule has 0 amide bonds. The molecule has 1 spiro atoms. The summed E-state index contributed by atoms with van der Waals surface area (Å²) >= 11 is 0. The maximum absolute atomic E-state index is 15.1. The average Bonchev–Trinajstić information content (AvgIpc) is 3.34. The van der Waals surface area contributed by atoms with Gasteiger partial charge in [0.15, 0.2) is 6.33 Å². The van der Waals surface area contributed by atoms with Gasteiger partial charge in [-0.15, -0.1) is 4.57 Å². The Hall–Kier alpha value is -3.48. The average molecular weight is 387 g/mol. The van der Waals surface area contributed by atoms with Crippen molar-refractivity contribution in [2.75, 3.05) is 0 Å². The molecule has 140 valence electrons. The molecule has 3 aliphatic heterocycles. The van der Waals surface area contributed by atoms with Gasteiger partial charge in [-0.1, -0.05) is 6.07 Å². The number of hydrogen-bond acceptors (Lipinski definition) is 2. The SMILES string of the molecule is CC1(C)c2cccc3[n+]2[C@]2(c4cc(F)nc(F)c4-3)c3cncn3-c3cccc1[n+]32. The fourth-order valence-electron chi connectivity index (χ4n) is 5.63. The number of halogens is 2. The Labute approximate surface area is 164 Å². The molecule has 0 N–H and O–H groups in total. The summed E-state index contributed by atoms with van der Waals surface area (Å²) in [5.41, 5.74) is 3.24. The van der Waals surface area contributed by atoms with Crippen LogP contribution in [0.1, 0.15) is 36.5 Å². The summed E-state index contributed by atoms with van der Waals surface area (Å²) in [7, 11) is 0. The molecule has 0 saturated carbocycles. The Morgan fingerprint density at radius 2 is 1.76 bits per heavy atom. The van der Waals surface area contributed by atoms with Crippen molar-refractivity contribution in [1.82, 2.24) is 14.5 Å². The van der Waals surface area contributed by atoms with Crippen LogP contribution in [-0.2, 0) is 11.1 Å². The van der Waals surface area contributed by atoms with Gasteiger partial charge in [0.25, 0.3) is 11.5 Å². The Balaban J connectivity index is 1.83. The van der Waals surface area contributed by atoms with E-state index in [2.05, 4.69) is 45.1 Å². The first-order chi connectivity index (χ1) is 14.0. The summed E-state index contributed by atoms with van der Waals surface area (Å²) in [5, 5.41) is 0. The third kappa shape index (κ3) is 1.39. The van der Waals surface area contributed by atoms with Gasteiger partial charge in [-0.3, -0.25) is 0 Å². The Bertz CT molecular complexity index is 1420. The summed E-state index contributed by atoms with van der Waals surface area (Å²) in [6.07, 6.45) is 3.54. The van der Waals surface area contributed by atoms with Crippen LogP contribution in [0.25, 0.3) is 17.1 Å². The third-order valence-corrected chi connectivity index (χ3v) is 6.71. The third-order valence-electron chi connectivity index (χ3n) is 6.71. The second-order valence-corrected chi connectivity index (χ2v) is 8.34. The lowest BCUT2D eigenvalue weighted by Gasteiger charge is -2.33. The van der Waals surface area contributed by atoms with E-state index >= 15 is 4.39 Å². The van der Waals surface area contributed by atoms with Crippen LogP contribution in [0.2, 0.25) is 0 Å². The van der Waals surface area contributed by atoms with Crippen LogP contribution in [0, 0.1) is 11.9 Å². The predicted molar refractivity (Wildman–Crippen MR) is 97.2 cm³/mol. The number of imidazole rings is 1. The normalized spacial score (nSPS) is 20.8. The molecule has 7 rings (SSSR count). The maximum atomic E-state index is 15.1. The molecule has 7 heteroatoms. The van der Waals surface area contributed by atoms with E-state index in [1.54, 1.807) is 12.5 Å². The van der Waals surface area contributed by atoms with E-state index in [1.807, 2.05) is 28.8 Å². The van der Waals surface area contributed by atoms with Crippen LogP contribution in [-0.4, -0.2) is 14.5 Å². The van der Waals surface area contributed by atoms with Gasteiger partial charge in [-0.05, 0) is 26.0 Å². The highest BCUT2D eigenvalue weighted by Crippen LogP contribution is 2.49. The van der Waals surface area contributed by atoms with E-state index in [9.17, 15) is 4.39 Å². The van der Waals surface area contributed by atoms with E-state index in [1.165, 1.54) is 6.07 Å². The molecule has 5 nitrogen and oxygen atoms in total. The fraction of sp³-hybridized carbons (Fsp3) is 0.182. The van der Waals surface area contributed by atoms with Crippen molar-refractivity contribution in [3.63, 3.8) is 0 Å². The Morgan fingerprint density at radius 3 is 2.59 bits per heavy atom. The molecular weight excluding hydrogens is 372 g/mol. The van der Waals surface area contributed by atoms with Gasteiger partial charge in [0.2, 0.25) is 23.3 Å². The van der Waals surface area contributed by atoms with Gasteiger partial charge >= 0.3 is 5.66 Å². The zero-order valence-electron chi connectivity index (χ0n) is 15.7. The van der Waals surface area contributed by atoms with E-state index < -0.39 is 17.6 Å². The number of hydrogen-bond donors (Lipinski definition) is 0. The van der Waals surface area contributed by atoms with Crippen LogP contribution < -0.4 is 9.13 Å². The lowest BCUT2D eigenvalue weighted by molar-refractivity contribution is -0.972. The first-order valence-electron chi connectivity index (χ1n) is 9.49. The number of aromatic nitrogens is 5. The van der Waals surface area contributed by atoms with Crippen molar-refractivity contribution < 1.29 is 17.9 Å². The van der Waals surface area contributed by atoms with Crippen molar-refractivity contribution in [1.29, 1.82) is 0 Å². The number of fused-ring (bicyclic) bond motifs is 4. The standard InChI is InChI=1S/C22H15F2N5/c1-21(2)14-6-3-5-13-19-12(9-17(23)26-20(19)24)22(28(13)14)16-10-25-11-27(16)18-8-4-7-15(21)29(18)22/h3-11H,1-2H3/q+2/t22-/m0/s1. The minimum atomic E-state index is -0.941. The Kier molecular flexibility index (Phi) is 2.34. The summed E-state index contributed by atoms with van der Waals surface area (Å²) in [6.45, 7) is 4.32. The van der Waals surface area contributed by atoms with E-state index in [0.29, 0.717) is 16.8 Å². The van der Waals surface area contributed by atoms with Crippen LogP contribution in [0.3, 0.4) is 0 Å². The molecule has 0 radical (unpaired) electrons. The van der Waals surface area contributed by atoms with Gasteiger partial charge in [0.1, 0.15) is 22.2 Å². The maximum Gasteiger partial charge on any atom is 0.402 e. The highest BCUT2D eigenvalue weighted by atomic mass is 19.1. The lowest BCUT2D eigenvalue weighted by atomic mass is 9.79. The monoisotopic (exact) mass is 387 g/mol. The molecule has 0 aliphatic carbocycles. The molecule has 7 heterocycles. The summed E-state index contributed by atoms with van der Waals surface area (Å²) in [6, 6.07) is 13.4. The molecule has 3 aliphatic rings. The number of nitrogens with zero attached hydrogens (tertiary/aromatic N) is 5. The first-order valence-corrected chi connectivity index (χ1v) is 9.49. The topological polar surface area (TPSA) is 38.5 Å². The molecule has 0 unspecified atom stereocenters. The summed E-state index contributed by atoms with van der Waals surface area (Å²) in [4.78, 5) is 7.87. The van der Waals surface area contributed by atoms with Gasteiger partial charge in [-0.25, -0.2) is 4.98 Å². The van der Waals surface area contributed by atoms with Gasteiger partial charge in [0, 0.05) is 24.3 Å². The molecule has 0 aromatic carbocycles. The fourth-order valence-corrected chi connectivity index (χ4v) is 5.63. The minimum absolute atomic E-state index is 0.342. The van der Waals surface area contributed by atoms with E-state index in [0.717, 1.165) is 22.9 Å². The van der Waals surface area contributed by atoms with Gasteiger partial charge < -0.3 is 0 Å². The van der Waals surface area contributed by atoms with Crippen molar-refractivity contribution in [3.8, 4) is 17.1 Å². The predicted octanol–water partition coefficient (Wildman–Crippen LogP) is 2.35.